The average molecular weight is 398 g/mol. The Morgan fingerprint density at radius 3 is 2.33 bits per heavy atom. The lowest BCUT2D eigenvalue weighted by Gasteiger charge is -2.24. The second-order valence-electron chi connectivity index (χ2n) is 5.48. The Labute approximate surface area is 170 Å². The zero-order chi connectivity index (χ0) is 20.5. The number of hydrogen-bond donors (Lipinski definition) is 1. The molecular weight excluding hydrogens is 358 g/mol. The summed E-state index contributed by atoms with van der Waals surface area (Å²) in [5, 5.41) is 2.99. The van der Waals surface area contributed by atoms with E-state index in [-0.39, 0.29) is 6.03 Å². The number of thioether (sulfide) groups is 1. The van der Waals surface area contributed by atoms with Gasteiger partial charge in [-0.1, -0.05) is 27.7 Å². The lowest BCUT2D eigenvalue weighted by molar-refractivity contribution is 0.202. The first kappa shape index (κ1) is 25.4. The normalized spacial score (nSPS) is 13.4. The Balaban J connectivity index is 0.00000158. The third kappa shape index (κ3) is 9.80. The molecule has 0 aromatic heterocycles. The van der Waals surface area contributed by atoms with Crippen LogP contribution in [0.4, 0.5) is 10.5 Å². The van der Waals surface area contributed by atoms with Gasteiger partial charge in [-0.25, -0.2) is 4.79 Å². The highest BCUT2D eigenvalue weighted by atomic mass is 32.2. The van der Waals surface area contributed by atoms with E-state index in [1.165, 1.54) is 5.69 Å². The summed E-state index contributed by atoms with van der Waals surface area (Å²) in [5.41, 5.74) is 1.19. The molecule has 1 N–H and O–H groups in total. The van der Waals surface area contributed by atoms with E-state index in [0.717, 1.165) is 50.6 Å². The fourth-order valence-electron chi connectivity index (χ4n) is 2.67. The first-order valence-electron chi connectivity index (χ1n) is 10.2. The predicted molar refractivity (Wildman–Crippen MR) is 120 cm³/mol. The predicted octanol–water partition coefficient (Wildman–Crippen LogP) is 4.72. The number of anilines is 1. The number of nitrogens with one attached hydrogen (secondary N) is 1. The minimum absolute atomic E-state index is 0.0626. The molecule has 1 aliphatic rings. The molecule has 2 rings (SSSR count). The highest BCUT2D eigenvalue weighted by Crippen LogP contribution is 2.20. The van der Waals surface area contributed by atoms with Gasteiger partial charge >= 0.3 is 6.03 Å². The fraction of sp³-hybridized carbons (Fsp3) is 0.667. The van der Waals surface area contributed by atoms with Gasteiger partial charge in [0.15, 0.2) is 0 Å². The van der Waals surface area contributed by atoms with Crippen molar-refractivity contribution in [3.63, 3.8) is 0 Å². The van der Waals surface area contributed by atoms with Gasteiger partial charge in [0.1, 0.15) is 5.75 Å². The van der Waals surface area contributed by atoms with Gasteiger partial charge in [0.05, 0.1) is 6.61 Å². The summed E-state index contributed by atoms with van der Waals surface area (Å²) >= 11 is 1.74. The Morgan fingerprint density at radius 2 is 1.74 bits per heavy atom. The molecule has 6 heteroatoms. The molecule has 1 aliphatic heterocycles. The smallest absolute Gasteiger partial charge is 0.317 e. The van der Waals surface area contributed by atoms with Gasteiger partial charge in [-0.05, 0) is 43.9 Å². The third-order valence-corrected chi connectivity index (χ3v) is 4.49. The van der Waals surface area contributed by atoms with Crippen LogP contribution in [0, 0.1) is 0 Å². The van der Waals surface area contributed by atoms with Gasteiger partial charge in [-0.3, -0.25) is 0 Å². The summed E-state index contributed by atoms with van der Waals surface area (Å²) in [6.07, 6.45) is 3.04. The zero-order valence-electron chi connectivity index (χ0n) is 18.1. The molecule has 1 heterocycles. The molecule has 2 amide bonds. The minimum atomic E-state index is 0.0626. The molecule has 1 saturated heterocycles. The van der Waals surface area contributed by atoms with Gasteiger partial charge in [-0.15, -0.1) is 0 Å². The van der Waals surface area contributed by atoms with Crippen LogP contribution >= 0.6 is 11.8 Å². The number of ether oxygens (including phenoxy) is 1. The van der Waals surface area contributed by atoms with Crippen molar-refractivity contribution in [2.45, 2.75) is 41.0 Å². The van der Waals surface area contributed by atoms with Crippen LogP contribution in [-0.2, 0) is 0 Å². The van der Waals surface area contributed by atoms with Crippen LogP contribution in [0.1, 0.15) is 41.0 Å². The second kappa shape index (κ2) is 16.6. The largest absolute Gasteiger partial charge is 0.494 e. The first-order chi connectivity index (χ1) is 13.2. The Hall–Kier alpha value is -1.56. The van der Waals surface area contributed by atoms with E-state index < -0.39 is 0 Å². The quantitative estimate of drug-likeness (QED) is 0.705. The van der Waals surface area contributed by atoms with Crippen molar-refractivity contribution in [1.82, 2.24) is 10.2 Å². The van der Waals surface area contributed by atoms with Crippen molar-refractivity contribution in [1.29, 1.82) is 0 Å². The van der Waals surface area contributed by atoms with E-state index in [1.54, 1.807) is 11.8 Å². The van der Waals surface area contributed by atoms with Crippen LogP contribution in [0.2, 0.25) is 0 Å². The molecule has 1 aromatic rings. The van der Waals surface area contributed by atoms with Crippen molar-refractivity contribution < 1.29 is 9.53 Å². The number of hydrogen-bond acceptors (Lipinski definition) is 4. The number of urea groups is 1. The van der Waals surface area contributed by atoms with Crippen LogP contribution in [0.5, 0.6) is 5.75 Å². The summed E-state index contributed by atoms with van der Waals surface area (Å²) in [6, 6.07) is 8.28. The maximum absolute atomic E-state index is 12.2. The van der Waals surface area contributed by atoms with Gasteiger partial charge in [0.25, 0.3) is 0 Å². The van der Waals surface area contributed by atoms with Crippen molar-refractivity contribution in [2.75, 3.05) is 56.2 Å². The SMILES string of the molecule is CC.CC.CCOc1ccc(N2CCCN(C(=O)NCCSC)CC2)cc1. The number of carbonyl (C=O) groups excluding carboxylic acids is 1. The van der Waals surface area contributed by atoms with Gasteiger partial charge in [0, 0.05) is 44.2 Å². The molecule has 0 atom stereocenters. The number of benzene rings is 1. The fourth-order valence-corrected chi connectivity index (χ4v) is 2.98. The molecule has 1 fully saturated rings. The summed E-state index contributed by atoms with van der Waals surface area (Å²) in [5.74, 6) is 1.86. The Bertz CT molecular complexity index is 483. The van der Waals surface area contributed by atoms with Crippen LogP contribution < -0.4 is 15.0 Å². The number of amides is 2. The molecule has 0 radical (unpaired) electrons. The Kier molecular flexibility index (Phi) is 15.6. The van der Waals surface area contributed by atoms with E-state index in [4.69, 9.17) is 4.74 Å². The summed E-state index contributed by atoms with van der Waals surface area (Å²) in [6.45, 7) is 14.8. The van der Waals surface area contributed by atoms with Crippen molar-refractivity contribution in [2.24, 2.45) is 0 Å². The Morgan fingerprint density at radius 1 is 1.07 bits per heavy atom. The summed E-state index contributed by atoms with van der Waals surface area (Å²) in [4.78, 5) is 16.4. The number of nitrogens with zero attached hydrogens (tertiary/aromatic N) is 2. The van der Waals surface area contributed by atoms with E-state index in [0.29, 0.717) is 6.61 Å². The molecule has 0 saturated carbocycles. The molecule has 0 bridgehead atoms. The molecule has 0 unspecified atom stereocenters. The first-order valence-corrected chi connectivity index (χ1v) is 11.6. The summed E-state index contributed by atoms with van der Waals surface area (Å²) < 4.78 is 5.49. The van der Waals surface area contributed by atoms with Crippen molar-refractivity contribution >= 4 is 23.5 Å². The van der Waals surface area contributed by atoms with E-state index in [2.05, 4.69) is 22.3 Å². The van der Waals surface area contributed by atoms with Gasteiger partial charge in [0.2, 0.25) is 0 Å². The zero-order valence-corrected chi connectivity index (χ0v) is 18.9. The molecule has 5 nitrogen and oxygen atoms in total. The third-order valence-electron chi connectivity index (χ3n) is 3.88. The summed E-state index contributed by atoms with van der Waals surface area (Å²) in [7, 11) is 0. The molecule has 0 spiro atoms. The van der Waals surface area contributed by atoms with Crippen molar-refractivity contribution in [3.05, 3.63) is 24.3 Å². The van der Waals surface area contributed by atoms with E-state index in [9.17, 15) is 4.79 Å². The van der Waals surface area contributed by atoms with Crippen LogP contribution in [-0.4, -0.2) is 62.3 Å². The standard InChI is InChI=1S/C17H27N3O2S.2C2H6/c1-3-22-16-7-5-15(6-8-16)19-10-4-11-20(13-12-19)17(21)18-9-14-23-2;2*1-2/h5-8H,3-4,9-14H2,1-2H3,(H,18,21);2*1-2H3. The molecule has 1 aromatic carbocycles. The van der Waals surface area contributed by atoms with Crippen LogP contribution in [0.15, 0.2) is 24.3 Å². The topological polar surface area (TPSA) is 44.8 Å². The lowest BCUT2D eigenvalue weighted by atomic mass is 10.2. The van der Waals surface area contributed by atoms with E-state index in [1.807, 2.05) is 57.9 Å². The van der Waals surface area contributed by atoms with Crippen LogP contribution in [0.25, 0.3) is 0 Å². The maximum Gasteiger partial charge on any atom is 0.317 e. The van der Waals surface area contributed by atoms with Gasteiger partial charge in [-0.2, -0.15) is 11.8 Å². The van der Waals surface area contributed by atoms with Crippen LogP contribution in [0.3, 0.4) is 0 Å². The minimum Gasteiger partial charge on any atom is -0.494 e. The number of rotatable bonds is 6. The highest BCUT2D eigenvalue weighted by Gasteiger charge is 2.18. The second-order valence-corrected chi connectivity index (χ2v) is 6.46. The highest BCUT2D eigenvalue weighted by molar-refractivity contribution is 7.98. The molecule has 27 heavy (non-hydrogen) atoms. The average Bonchev–Trinajstić information content (AvgIpc) is 2.98. The molecule has 0 aliphatic carbocycles. The molecular formula is C21H39N3O2S. The van der Waals surface area contributed by atoms with Crippen molar-refractivity contribution in [3.8, 4) is 5.75 Å². The van der Waals surface area contributed by atoms with Gasteiger partial charge < -0.3 is 19.9 Å². The van der Waals surface area contributed by atoms with E-state index >= 15 is 0 Å². The lowest BCUT2D eigenvalue weighted by Crippen LogP contribution is -2.42. The number of carbonyl (C=O) groups is 1. The molecule has 156 valence electrons. The monoisotopic (exact) mass is 397 g/mol. The maximum atomic E-state index is 12.2.